The highest BCUT2D eigenvalue weighted by atomic mass is 16.3. The van der Waals surface area contributed by atoms with Crippen molar-refractivity contribution in [2.45, 2.75) is 0 Å². The summed E-state index contributed by atoms with van der Waals surface area (Å²) in [5.41, 5.74) is 5.14. The van der Waals surface area contributed by atoms with Crippen molar-refractivity contribution in [1.82, 2.24) is 0 Å². The summed E-state index contributed by atoms with van der Waals surface area (Å²) < 4.78 is 79.4. The third-order valence-electron chi connectivity index (χ3n) is 10.3. The lowest BCUT2D eigenvalue weighted by Gasteiger charge is -2.18. The summed E-state index contributed by atoms with van der Waals surface area (Å²) in [6.45, 7) is 0. The standard InChI is InChI=1S/C50H30O/c1-2-12-34-28-36(22-20-31(34)10-1)48-40-15-5-7-17-42(40)49(43-18-8-6-16-41(43)48)37-23-21-33-13-9-19-38(45(33)29-37)35-24-26-44-47(30-35)51-46-27-25-32-11-3-4-14-39(32)50(44)46/h1-30H/i5D,6D,7D,8D,15D,16D,17D,18D. The van der Waals surface area contributed by atoms with Crippen molar-refractivity contribution < 1.29 is 15.4 Å². The summed E-state index contributed by atoms with van der Waals surface area (Å²) in [6.07, 6.45) is 0. The Labute approximate surface area is 305 Å². The largest absolute Gasteiger partial charge is 0.456 e. The minimum absolute atomic E-state index is 0.185. The monoisotopic (exact) mass is 654 g/mol. The number of fused-ring (bicyclic) bond motifs is 9. The van der Waals surface area contributed by atoms with E-state index in [2.05, 4.69) is 30.3 Å². The van der Waals surface area contributed by atoms with Crippen molar-refractivity contribution in [1.29, 1.82) is 0 Å². The molecule has 0 saturated carbocycles. The highest BCUT2D eigenvalue weighted by Gasteiger charge is 2.18. The number of hydrogen-bond acceptors (Lipinski definition) is 1. The minimum atomic E-state index is -0.429. The zero-order valence-corrected chi connectivity index (χ0v) is 27.1. The molecule has 0 aliphatic heterocycles. The van der Waals surface area contributed by atoms with Crippen molar-refractivity contribution in [3.05, 3.63) is 182 Å². The maximum atomic E-state index is 9.42. The summed E-state index contributed by atoms with van der Waals surface area (Å²) in [5, 5.41) is 8.69. The Kier molecular flexibility index (Phi) is 4.57. The fourth-order valence-electron chi connectivity index (χ4n) is 7.94. The summed E-state index contributed by atoms with van der Waals surface area (Å²) in [7, 11) is 0. The predicted molar refractivity (Wildman–Crippen MR) is 218 cm³/mol. The molecule has 0 unspecified atom stereocenters. The van der Waals surface area contributed by atoms with Gasteiger partial charge in [0.05, 0.1) is 11.0 Å². The lowest BCUT2D eigenvalue weighted by molar-refractivity contribution is 0.669. The first-order valence-electron chi connectivity index (χ1n) is 20.9. The molecule has 0 radical (unpaired) electrons. The van der Waals surface area contributed by atoms with Gasteiger partial charge in [0.15, 0.2) is 0 Å². The van der Waals surface area contributed by atoms with Crippen LogP contribution in [-0.4, -0.2) is 0 Å². The lowest BCUT2D eigenvalue weighted by atomic mass is 9.85. The quantitative estimate of drug-likeness (QED) is 0.173. The SMILES string of the molecule is [2H]c1c([2H])c([2H])c2c(-c3ccc4cccc(-c5ccc6c(c5)oc5ccc7ccccc7c56)c4c3)c3c([2H])c([2H])c([2H])c([2H])c3c(-c3ccc4ccccc4c3)c2c1[2H]. The first kappa shape index (κ1) is 21.4. The topological polar surface area (TPSA) is 13.1 Å². The molecule has 11 aromatic rings. The van der Waals surface area contributed by atoms with Gasteiger partial charge in [-0.3, -0.25) is 0 Å². The first-order valence-corrected chi connectivity index (χ1v) is 16.9. The molecule has 1 heterocycles. The predicted octanol–water partition coefficient (Wildman–Crippen LogP) is 14.4. The molecular formula is C50H30O. The molecule has 1 heteroatoms. The summed E-state index contributed by atoms with van der Waals surface area (Å²) in [6, 6.07) is 40.9. The molecule has 0 fully saturated rings. The van der Waals surface area contributed by atoms with E-state index in [0.29, 0.717) is 22.3 Å². The van der Waals surface area contributed by atoms with E-state index in [-0.39, 0.29) is 45.7 Å². The smallest absolute Gasteiger partial charge is 0.136 e. The Bertz CT molecular complexity index is 3580. The van der Waals surface area contributed by atoms with Gasteiger partial charge >= 0.3 is 0 Å². The molecule has 0 N–H and O–H groups in total. The number of furan rings is 1. The van der Waals surface area contributed by atoms with Crippen LogP contribution in [0, 0.1) is 0 Å². The van der Waals surface area contributed by atoms with Gasteiger partial charge in [0.1, 0.15) is 11.2 Å². The van der Waals surface area contributed by atoms with E-state index in [0.717, 1.165) is 65.4 Å². The third kappa shape index (κ3) is 4.28. The second-order valence-electron chi connectivity index (χ2n) is 13.0. The third-order valence-corrected chi connectivity index (χ3v) is 10.3. The molecule has 10 aromatic carbocycles. The van der Waals surface area contributed by atoms with Gasteiger partial charge in [-0.2, -0.15) is 0 Å². The Morgan fingerprint density at radius 2 is 0.922 bits per heavy atom. The van der Waals surface area contributed by atoms with Crippen LogP contribution in [0.2, 0.25) is 0 Å². The molecule has 0 atom stereocenters. The van der Waals surface area contributed by atoms with Crippen molar-refractivity contribution >= 4 is 75.8 Å². The van der Waals surface area contributed by atoms with Crippen molar-refractivity contribution in [2.24, 2.45) is 0 Å². The second kappa shape index (κ2) is 10.9. The molecule has 0 spiro atoms. The highest BCUT2D eigenvalue weighted by Crippen LogP contribution is 2.45. The van der Waals surface area contributed by atoms with E-state index < -0.39 is 24.2 Å². The van der Waals surface area contributed by atoms with Gasteiger partial charge in [-0.05, 0) is 118 Å². The van der Waals surface area contributed by atoms with Gasteiger partial charge in [0, 0.05) is 10.8 Å². The van der Waals surface area contributed by atoms with Gasteiger partial charge in [0.25, 0.3) is 0 Å². The number of benzene rings is 10. The Morgan fingerprint density at radius 1 is 0.353 bits per heavy atom. The lowest BCUT2D eigenvalue weighted by Crippen LogP contribution is -1.91. The summed E-state index contributed by atoms with van der Waals surface area (Å²) in [5.74, 6) is 0. The van der Waals surface area contributed by atoms with Gasteiger partial charge in [-0.15, -0.1) is 0 Å². The average Bonchev–Trinajstić information content (AvgIpc) is 3.66. The number of hydrogen-bond donors (Lipinski definition) is 0. The zero-order chi connectivity index (χ0) is 40.4. The van der Waals surface area contributed by atoms with E-state index in [1.54, 1.807) is 0 Å². The van der Waals surface area contributed by atoms with Crippen LogP contribution in [-0.2, 0) is 0 Å². The fraction of sp³-hybridized carbons (Fsp3) is 0. The molecule has 11 rings (SSSR count). The van der Waals surface area contributed by atoms with Gasteiger partial charge in [-0.1, -0.05) is 151 Å². The van der Waals surface area contributed by atoms with Crippen LogP contribution in [0.1, 0.15) is 11.0 Å². The van der Waals surface area contributed by atoms with E-state index in [1.165, 1.54) is 0 Å². The van der Waals surface area contributed by atoms with E-state index in [1.807, 2.05) is 103 Å². The summed E-state index contributed by atoms with van der Waals surface area (Å²) in [4.78, 5) is 0. The van der Waals surface area contributed by atoms with Gasteiger partial charge in [-0.25, -0.2) is 0 Å². The van der Waals surface area contributed by atoms with Crippen LogP contribution in [0.25, 0.3) is 109 Å². The Balaban J connectivity index is 1.24. The van der Waals surface area contributed by atoms with E-state index >= 15 is 0 Å². The molecule has 1 aromatic heterocycles. The highest BCUT2D eigenvalue weighted by molar-refractivity contribution is 6.23. The number of rotatable bonds is 3. The van der Waals surface area contributed by atoms with E-state index in [4.69, 9.17) is 9.90 Å². The van der Waals surface area contributed by atoms with Gasteiger partial charge in [0.2, 0.25) is 0 Å². The molecule has 1 nitrogen and oxygen atoms in total. The molecule has 0 saturated heterocycles. The Hall–Kier alpha value is -6.70. The van der Waals surface area contributed by atoms with Crippen molar-refractivity contribution in [3.63, 3.8) is 0 Å². The van der Waals surface area contributed by atoms with E-state index in [9.17, 15) is 5.48 Å². The molecule has 0 bridgehead atoms. The molecule has 51 heavy (non-hydrogen) atoms. The summed E-state index contributed by atoms with van der Waals surface area (Å²) >= 11 is 0. The first-order chi connectivity index (χ1) is 28.6. The molecule has 236 valence electrons. The van der Waals surface area contributed by atoms with Crippen LogP contribution in [0.5, 0.6) is 0 Å². The van der Waals surface area contributed by atoms with Crippen LogP contribution in [0.15, 0.2) is 186 Å². The molecule has 0 aliphatic carbocycles. The molecule has 0 amide bonds. The Morgan fingerprint density at radius 3 is 1.67 bits per heavy atom. The zero-order valence-electron chi connectivity index (χ0n) is 35.1. The van der Waals surface area contributed by atoms with Crippen molar-refractivity contribution in [3.8, 4) is 33.4 Å². The van der Waals surface area contributed by atoms with Crippen molar-refractivity contribution in [2.75, 3.05) is 0 Å². The normalized spacial score (nSPS) is 14.1. The maximum absolute atomic E-state index is 9.42. The van der Waals surface area contributed by atoms with Crippen LogP contribution in [0.3, 0.4) is 0 Å². The molecular weight excluding hydrogens is 617 g/mol. The van der Waals surface area contributed by atoms with Crippen LogP contribution >= 0.6 is 0 Å². The maximum Gasteiger partial charge on any atom is 0.136 e. The molecule has 0 aliphatic rings. The second-order valence-corrected chi connectivity index (χ2v) is 13.0. The van der Waals surface area contributed by atoms with Gasteiger partial charge < -0.3 is 4.42 Å². The fourth-order valence-corrected chi connectivity index (χ4v) is 7.94. The van der Waals surface area contributed by atoms with Crippen LogP contribution < -0.4 is 0 Å². The average molecular weight is 655 g/mol. The minimum Gasteiger partial charge on any atom is -0.456 e. The van der Waals surface area contributed by atoms with Crippen LogP contribution in [0.4, 0.5) is 0 Å².